The molecular formula is C27H23N5O4. The van der Waals surface area contributed by atoms with Crippen LogP contribution in [0.25, 0.3) is 16.9 Å². The Hall–Kier alpha value is -4.92. The smallest absolute Gasteiger partial charge is 0.344 e. The highest BCUT2D eigenvalue weighted by molar-refractivity contribution is 6.09. The number of hydrogen-bond acceptors (Lipinski definition) is 5. The topological polar surface area (TPSA) is 106 Å². The van der Waals surface area contributed by atoms with Crippen LogP contribution in [0, 0.1) is 0 Å². The Balaban J connectivity index is 1.46. The third-order valence-corrected chi connectivity index (χ3v) is 6.08. The fraction of sp³-hybridized carbons (Fsp3) is 0.111. The average molecular weight is 482 g/mol. The number of rotatable bonds is 6. The van der Waals surface area contributed by atoms with Crippen molar-refractivity contribution in [2.24, 2.45) is 0 Å². The molecular weight excluding hydrogens is 458 g/mol. The molecule has 1 unspecified atom stereocenters. The first-order valence-corrected chi connectivity index (χ1v) is 11.2. The Labute approximate surface area is 207 Å². The molecule has 1 aromatic heterocycles. The van der Waals surface area contributed by atoms with Crippen molar-refractivity contribution in [2.45, 2.75) is 12.5 Å². The van der Waals surface area contributed by atoms with Gasteiger partial charge in [0.25, 0.3) is 11.8 Å². The molecule has 0 aliphatic carbocycles. The summed E-state index contributed by atoms with van der Waals surface area (Å²) >= 11 is 0. The van der Waals surface area contributed by atoms with Crippen LogP contribution in [0.1, 0.15) is 23.0 Å². The molecule has 0 radical (unpaired) electrons. The van der Waals surface area contributed by atoms with E-state index < -0.39 is 23.4 Å². The third-order valence-electron chi connectivity index (χ3n) is 6.08. The Morgan fingerprint density at radius 2 is 1.58 bits per heavy atom. The van der Waals surface area contributed by atoms with Gasteiger partial charge in [0.05, 0.1) is 18.5 Å². The van der Waals surface area contributed by atoms with Gasteiger partial charge in [-0.25, -0.2) is 9.48 Å². The summed E-state index contributed by atoms with van der Waals surface area (Å²) in [6.45, 7) is 1.59. The zero-order chi connectivity index (χ0) is 25.3. The molecule has 3 aromatic carbocycles. The van der Waals surface area contributed by atoms with Crippen LogP contribution in [-0.4, -0.2) is 39.7 Å². The minimum absolute atomic E-state index is 0.165. The number of methoxy groups -OCH3 is 1. The SMILES string of the molecule is COc1ccc(C2(C)NC(=O)N(NC(=O)c3cc(-c4ccccc4)nn3-c3ccccc3)C2=O)cc1. The van der Waals surface area contributed by atoms with Crippen molar-refractivity contribution in [1.82, 2.24) is 25.5 Å². The first-order valence-electron chi connectivity index (χ1n) is 11.2. The largest absolute Gasteiger partial charge is 0.497 e. The van der Waals surface area contributed by atoms with E-state index in [9.17, 15) is 14.4 Å². The number of imide groups is 1. The number of nitrogens with one attached hydrogen (secondary N) is 2. The molecule has 2 heterocycles. The predicted molar refractivity (Wildman–Crippen MR) is 132 cm³/mol. The van der Waals surface area contributed by atoms with E-state index in [1.165, 1.54) is 4.68 Å². The van der Waals surface area contributed by atoms with Gasteiger partial charge >= 0.3 is 6.03 Å². The highest BCUT2D eigenvalue weighted by Crippen LogP contribution is 2.29. The molecule has 0 spiro atoms. The molecule has 0 bridgehead atoms. The summed E-state index contributed by atoms with van der Waals surface area (Å²) in [7, 11) is 1.54. The minimum atomic E-state index is -1.36. The van der Waals surface area contributed by atoms with Crippen molar-refractivity contribution >= 4 is 17.8 Å². The van der Waals surface area contributed by atoms with Gasteiger partial charge in [-0.3, -0.25) is 15.0 Å². The number of hydrazine groups is 1. The van der Waals surface area contributed by atoms with E-state index in [1.807, 2.05) is 60.7 Å². The molecule has 180 valence electrons. The van der Waals surface area contributed by atoms with Crippen LogP contribution in [0.2, 0.25) is 0 Å². The molecule has 4 aromatic rings. The second-order valence-corrected chi connectivity index (χ2v) is 8.39. The Morgan fingerprint density at radius 1 is 0.944 bits per heavy atom. The first-order chi connectivity index (χ1) is 17.4. The average Bonchev–Trinajstić information content (AvgIpc) is 3.46. The van der Waals surface area contributed by atoms with Crippen molar-refractivity contribution in [3.8, 4) is 22.7 Å². The molecule has 9 nitrogen and oxygen atoms in total. The standard InChI is InChI=1S/C27H23N5O4/c1-27(19-13-15-21(36-2)16-14-19)25(34)32(26(35)28-27)30-24(33)23-17-22(18-9-5-3-6-10-18)29-31(23)20-11-7-4-8-12-20/h3-17H,1-2H3,(H,28,35)(H,30,33). The Kier molecular flexibility index (Phi) is 5.73. The van der Waals surface area contributed by atoms with Crippen molar-refractivity contribution in [1.29, 1.82) is 0 Å². The van der Waals surface area contributed by atoms with E-state index in [1.54, 1.807) is 44.4 Å². The predicted octanol–water partition coefficient (Wildman–Crippen LogP) is 3.66. The molecule has 1 aliphatic heterocycles. The van der Waals surface area contributed by atoms with E-state index in [-0.39, 0.29) is 5.69 Å². The molecule has 1 aliphatic rings. The van der Waals surface area contributed by atoms with Gasteiger partial charge in [-0.15, -0.1) is 0 Å². The molecule has 1 fully saturated rings. The third kappa shape index (κ3) is 3.96. The van der Waals surface area contributed by atoms with Crippen molar-refractivity contribution in [3.05, 3.63) is 102 Å². The summed E-state index contributed by atoms with van der Waals surface area (Å²) in [4.78, 5) is 39.5. The monoisotopic (exact) mass is 481 g/mol. The fourth-order valence-corrected chi connectivity index (χ4v) is 4.08. The van der Waals surface area contributed by atoms with Crippen LogP contribution in [0.5, 0.6) is 5.75 Å². The van der Waals surface area contributed by atoms with Gasteiger partial charge in [0.15, 0.2) is 0 Å². The second-order valence-electron chi connectivity index (χ2n) is 8.39. The van der Waals surface area contributed by atoms with E-state index in [2.05, 4.69) is 15.8 Å². The summed E-state index contributed by atoms with van der Waals surface area (Å²) in [5, 5.41) is 8.00. The maximum atomic E-state index is 13.4. The number of carbonyl (C=O) groups excluding carboxylic acids is 3. The number of para-hydroxylation sites is 1. The lowest BCUT2D eigenvalue weighted by molar-refractivity contribution is -0.132. The van der Waals surface area contributed by atoms with Crippen LogP contribution in [-0.2, 0) is 10.3 Å². The van der Waals surface area contributed by atoms with Gasteiger partial charge in [0.1, 0.15) is 17.0 Å². The van der Waals surface area contributed by atoms with Crippen LogP contribution >= 0.6 is 0 Å². The molecule has 4 amide bonds. The maximum Gasteiger partial charge on any atom is 0.344 e. The summed E-state index contributed by atoms with van der Waals surface area (Å²) in [5.74, 6) is -0.649. The lowest BCUT2D eigenvalue weighted by Crippen LogP contribution is -2.48. The number of benzene rings is 3. The summed E-state index contributed by atoms with van der Waals surface area (Å²) < 4.78 is 6.65. The van der Waals surface area contributed by atoms with Gasteiger partial charge in [-0.1, -0.05) is 60.7 Å². The Morgan fingerprint density at radius 3 is 2.22 bits per heavy atom. The van der Waals surface area contributed by atoms with Gasteiger partial charge in [0.2, 0.25) is 0 Å². The highest BCUT2D eigenvalue weighted by Gasteiger charge is 2.50. The van der Waals surface area contributed by atoms with Gasteiger partial charge in [0, 0.05) is 5.56 Å². The molecule has 2 N–H and O–H groups in total. The van der Waals surface area contributed by atoms with Gasteiger partial charge in [-0.05, 0) is 42.8 Å². The summed E-state index contributed by atoms with van der Waals surface area (Å²) in [6.07, 6.45) is 0. The van der Waals surface area contributed by atoms with E-state index in [4.69, 9.17) is 4.74 Å². The van der Waals surface area contributed by atoms with Crippen LogP contribution in [0.15, 0.2) is 91.0 Å². The number of urea groups is 1. The number of aromatic nitrogens is 2. The molecule has 9 heteroatoms. The highest BCUT2D eigenvalue weighted by atomic mass is 16.5. The first kappa shape index (κ1) is 22.9. The zero-order valence-corrected chi connectivity index (χ0v) is 19.6. The zero-order valence-electron chi connectivity index (χ0n) is 19.6. The van der Waals surface area contributed by atoms with Crippen molar-refractivity contribution < 1.29 is 19.1 Å². The molecule has 1 saturated heterocycles. The minimum Gasteiger partial charge on any atom is -0.497 e. The summed E-state index contributed by atoms with van der Waals surface area (Å²) in [6, 6.07) is 26.2. The van der Waals surface area contributed by atoms with Crippen LogP contribution in [0.3, 0.4) is 0 Å². The quantitative estimate of drug-likeness (QED) is 0.409. The fourth-order valence-electron chi connectivity index (χ4n) is 4.08. The lowest BCUT2D eigenvalue weighted by Gasteiger charge is -2.22. The molecule has 5 rings (SSSR count). The number of hydrogen-bond donors (Lipinski definition) is 2. The normalized spacial score (nSPS) is 17.1. The van der Waals surface area contributed by atoms with Crippen molar-refractivity contribution in [3.63, 3.8) is 0 Å². The second kappa shape index (κ2) is 9.03. The Bertz CT molecular complexity index is 1430. The molecule has 1 atom stereocenters. The number of ether oxygens (including phenoxy) is 1. The van der Waals surface area contributed by atoms with E-state index >= 15 is 0 Å². The lowest BCUT2D eigenvalue weighted by atomic mass is 9.92. The van der Waals surface area contributed by atoms with Crippen molar-refractivity contribution in [2.75, 3.05) is 7.11 Å². The van der Waals surface area contributed by atoms with Gasteiger partial charge < -0.3 is 10.1 Å². The maximum absolute atomic E-state index is 13.4. The summed E-state index contributed by atoms with van der Waals surface area (Å²) in [5.41, 5.74) is 3.88. The van der Waals surface area contributed by atoms with Crippen LogP contribution < -0.4 is 15.5 Å². The molecule has 0 saturated carbocycles. The van der Waals surface area contributed by atoms with E-state index in [0.717, 1.165) is 5.56 Å². The number of nitrogens with zero attached hydrogens (tertiary/aromatic N) is 3. The van der Waals surface area contributed by atoms with E-state index in [0.29, 0.717) is 27.7 Å². The number of amides is 4. The number of carbonyl (C=O) groups is 3. The molecule has 36 heavy (non-hydrogen) atoms. The van der Waals surface area contributed by atoms with Crippen LogP contribution in [0.4, 0.5) is 4.79 Å². The van der Waals surface area contributed by atoms with Gasteiger partial charge in [-0.2, -0.15) is 10.1 Å².